The number of fused-ring (bicyclic) bond motifs is 1. The smallest absolute Gasteiger partial charge is 0.162 e. The van der Waals surface area contributed by atoms with Crippen LogP contribution in [0.25, 0.3) is 0 Å². The first kappa shape index (κ1) is 16.5. The molecule has 0 aromatic heterocycles. The molecule has 0 amide bonds. The minimum absolute atomic E-state index is 0.529. The van der Waals surface area contributed by atoms with Crippen molar-refractivity contribution in [3.8, 4) is 11.5 Å². The van der Waals surface area contributed by atoms with Crippen LogP contribution in [0.2, 0.25) is 5.02 Å². The molecule has 1 heterocycles. The number of oxime groups is 1. The molecule has 2 aromatic carbocycles. The van der Waals surface area contributed by atoms with E-state index in [0.717, 1.165) is 16.9 Å². The van der Waals surface area contributed by atoms with E-state index in [1.54, 1.807) is 7.11 Å². The van der Waals surface area contributed by atoms with E-state index in [-0.39, 0.29) is 0 Å². The van der Waals surface area contributed by atoms with Crippen LogP contribution in [0.5, 0.6) is 11.5 Å². The molecule has 0 saturated carbocycles. The van der Waals surface area contributed by atoms with E-state index in [9.17, 15) is 5.21 Å². The number of ether oxygens (including phenoxy) is 2. The van der Waals surface area contributed by atoms with E-state index in [1.807, 2.05) is 43.3 Å². The van der Waals surface area contributed by atoms with Gasteiger partial charge in [-0.05, 0) is 37.3 Å². The van der Waals surface area contributed by atoms with Crippen LogP contribution in [0, 0.1) is 0 Å². The van der Waals surface area contributed by atoms with Crippen molar-refractivity contribution in [2.45, 2.75) is 13.3 Å². The van der Waals surface area contributed by atoms with Gasteiger partial charge >= 0.3 is 0 Å². The molecule has 0 spiro atoms. The van der Waals surface area contributed by atoms with E-state index in [4.69, 9.17) is 21.1 Å². The molecule has 0 aliphatic carbocycles. The fourth-order valence-corrected chi connectivity index (χ4v) is 3.02. The molecule has 24 heavy (non-hydrogen) atoms. The highest BCUT2D eigenvalue weighted by Crippen LogP contribution is 2.41. The molecule has 0 unspecified atom stereocenters. The number of anilines is 2. The molecule has 1 N–H and O–H groups in total. The van der Waals surface area contributed by atoms with Crippen molar-refractivity contribution in [2.75, 3.05) is 25.2 Å². The SMILES string of the molecule is CCOc1cc2c(cc1OC)N(c1ccc(Cl)cc1)CC/C2=N\O. The zero-order chi connectivity index (χ0) is 17.1. The summed E-state index contributed by atoms with van der Waals surface area (Å²) in [6.45, 7) is 3.15. The molecule has 0 saturated heterocycles. The van der Waals surface area contributed by atoms with Crippen molar-refractivity contribution in [1.82, 2.24) is 0 Å². The molecule has 0 bridgehead atoms. The van der Waals surface area contributed by atoms with Gasteiger partial charge in [-0.3, -0.25) is 0 Å². The molecule has 2 aromatic rings. The molecule has 1 aliphatic rings. The van der Waals surface area contributed by atoms with Crippen LogP contribution in [-0.4, -0.2) is 31.2 Å². The second kappa shape index (κ2) is 7.01. The average Bonchev–Trinajstić information content (AvgIpc) is 2.61. The normalized spacial score (nSPS) is 15.3. The van der Waals surface area contributed by atoms with Gasteiger partial charge in [0.1, 0.15) is 0 Å². The number of benzene rings is 2. The van der Waals surface area contributed by atoms with E-state index in [0.29, 0.717) is 41.8 Å². The highest BCUT2D eigenvalue weighted by molar-refractivity contribution is 6.30. The predicted octanol–water partition coefficient (Wildman–Crippen LogP) is 4.47. The Hall–Kier alpha value is -2.40. The summed E-state index contributed by atoms with van der Waals surface area (Å²) < 4.78 is 11.1. The van der Waals surface area contributed by atoms with Gasteiger partial charge in [-0.2, -0.15) is 0 Å². The Morgan fingerprint density at radius 1 is 1.21 bits per heavy atom. The molecule has 126 valence electrons. The summed E-state index contributed by atoms with van der Waals surface area (Å²) in [5.41, 5.74) is 3.40. The van der Waals surface area contributed by atoms with Gasteiger partial charge in [0.15, 0.2) is 11.5 Å². The van der Waals surface area contributed by atoms with Gasteiger partial charge in [-0.25, -0.2) is 0 Å². The Morgan fingerprint density at radius 3 is 2.58 bits per heavy atom. The molecule has 6 heteroatoms. The van der Waals surface area contributed by atoms with Gasteiger partial charge in [0.2, 0.25) is 0 Å². The van der Waals surface area contributed by atoms with Gasteiger partial charge in [-0.1, -0.05) is 16.8 Å². The lowest BCUT2D eigenvalue weighted by Gasteiger charge is -2.32. The summed E-state index contributed by atoms with van der Waals surface area (Å²) in [6.07, 6.45) is 0.629. The number of hydrogen-bond donors (Lipinski definition) is 1. The Balaban J connectivity index is 2.13. The van der Waals surface area contributed by atoms with Crippen molar-refractivity contribution in [3.05, 3.63) is 47.0 Å². The van der Waals surface area contributed by atoms with Crippen LogP contribution < -0.4 is 14.4 Å². The topological polar surface area (TPSA) is 54.3 Å². The number of halogens is 1. The lowest BCUT2D eigenvalue weighted by molar-refractivity contribution is 0.310. The summed E-state index contributed by atoms with van der Waals surface area (Å²) in [7, 11) is 1.61. The summed E-state index contributed by atoms with van der Waals surface area (Å²) in [6, 6.07) is 11.4. The zero-order valence-electron chi connectivity index (χ0n) is 13.6. The summed E-state index contributed by atoms with van der Waals surface area (Å²) >= 11 is 5.99. The lowest BCUT2D eigenvalue weighted by atomic mass is 9.98. The van der Waals surface area contributed by atoms with Crippen LogP contribution in [0.15, 0.2) is 41.6 Å². The molecular weight excluding hydrogens is 328 g/mol. The zero-order valence-corrected chi connectivity index (χ0v) is 14.4. The third-order valence-corrected chi connectivity index (χ3v) is 4.27. The van der Waals surface area contributed by atoms with Crippen LogP contribution in [0.4, 0.5) is 11.4 Å². The van der Waals surface area contributed by atoms with Crippen molar-refractivity contribution in [1.29, 1.82) is 0 Å². The number of nitrogens with zero attached hydrogens (tertiary/aromatic N) is 2. The minimum atomic E-state index is 0.529. The fraction of sp³-hybridized carbons (Fsp3) is 0.278. The number of hydrogen-bond acceptors (Lipinski definition) is 5. The highest BCUT2D eigenvalue weighted by Gasteiger charge is 2.26. The molecule has 1 aliphatic heterocycles. The molecule has 3 rings (SSSR count). The Labute approximate surface area is 146 Å². The van der Waals surface area contributed by atoms with Gasteiger partial charge in [0.25, 0.3) is 0 Å². The molecular formula is C18H19ClN2O3. The van der Waals surface area contributed by atoms with Crippen LogP contribution >= 0.6 is 11.6 Å². The van der Waals surface area contributed by atoms with E-state index >= 15 is 0 Å². The Morgan fingerprint density at radius 2 is 1.96 bits per heavy atom. The Kier molecular flexibility index (Phi) is 4.81. The second-order valence-electron chi connectivity index (χ2n) is 5.38. The quantitative estimate of drug-likeness (QED) is 0.655. The molecule has 0 atom stereocenters. The maximum absolute atomic E-state index is 9.36. The number of methoxy groups -OCH3 is 1. The van der Waals surface area contributed by atoms with E-state index in [2.05, 4.69) is 10.1 Å². The van der Waals surface area contributed by atoms with Crippen molar-refractivity contribution < 1.29 is 14.7 Å². The van der Waals surface area contributed by atoms with Gasteiger partial charge in [0, 0.05) is 35.3 Å². The van der Waals surface area contributed by atoms with E-state index < -0.39 is 0 Å². The third kappa shape index (κ3) is 2.99. The van der Waals surface area contributed by atoms with Crippen LogP contribution in [-0.2, 0) is 0 Å². The third-order valence-electron chi connectivity index (χ3n) is 4.01. The average molecular weight is 347 g/mol. The molecule has 5 nitrogen and oxygen atoms in total. The first-order chi connectivity index (χ1) is 11.7. The Bertz CT molecular complexity index is 760. The summed E-state index contributed by atoms with van der Waals surface area (Å²) in [5.74, 6) is 1.28. The standard InChI is InChI=1S/C18H19ClN2O3/c1-3-24-18-10-14-15(20-22)8-9-21(16(14)11-17(18)23-2)13-6-4-12(19)5-7-13/h4-7,10-11,22H,3,8-9H2,1-2H3/b20-15+. The second-order valence-corrected chi connectivity index (χ2v) is 5.81. The van der Waals surface area contributed by atoms with Gasteiger partial charge < -0.3 is 19.6 Å². The lowest BCUT2D eigenvalue weighted by Crippen LogP contribution is -2.28. The molecule has 0 radical (unpaired) electrons. The fourth-order valence-electron chi connectivity index (χ4n) is 2.90. The summed E-state index contributed by atoms with van der Waals surface area (Å²) in [5, 5.41) is 13.5. The maximum Gasteiger partial charge on any atom is 0.162 e. The predicted molar refractivity (Wildman–Crippen MR) is 95.6 cm³/mol. The number of rotatable bonds is 4. The maximum atomic E-state index is 9.36. The highest BCUT2D eigenvalue weighted by atomic mass is 35.5. The van der Waals surface area contributed by atoms with Gasteiger partial charge in [-0.15, -0.1) is 0 Å². The van der Waals surface area contributed by atoms with Crippen LogP contribution in [0.1, 0.15) is 18.9 Å². The monoisotopic (exact) mass is 346 g/mol. The largest absolute Gasteiger partial charge is 0.493 e. The summed E-state index contributed by atoms with van der Waals surface area (Å²) in [4.78, 5) is 2.15. The van der Waals surface area contributed by atoms with E-state index in [1.165, 1.54) is 0 Å². The van der Waals surface area contributed by atoms with Crippen molar-refractivity contribution in [2.24, 2.45) is 5.16 Å². The van der Waals surface area contributed by atoms with Crippen molar-refractivity contribution >= 4 is 28.7 Å². The first-order valence-corrected chi connectivity index (χ1v) is 8.15. The van der Waals surface area contributed by atoms with Gasteiger partial charge in [0.05, 0.1) is 25.1 Å². The molecule has 0 fully saturated rings. The minimum Gasteiger partial charge on any atom is -0.493 e. The first-order valence-electron chi connectivity index (χ1n) is 7.77. The van der Waals surface area contributed by atoms with Crippen molar-refractivity contribution in [3.63, 3.8) is 0 Å². The van der Waals surface area contributed by atoms with Crippen LogP contribution in [0.3, 0.4) is 0 Å².